The van der Waals surface area contributed by atoms with Crippen molar-refractivity contribution in [2.24, 2.45) is 0 Å². The van der Waals surface area contributed by atoms with E-state index < -0.39 is 4.92 Å². The Morgan fingerprint density at radius 2 is 2.29 bits per heavy atom. The molecule has 0 heterocycles. The zero-order chi connectivity index (χ0) is 10.6. The van der Waals surface area contributed by atoms with Crippen molar-refractivity contribution >= 4 is 23.1 Å². The van der Waals surface area contributed by atoms with Gasteiger partial charge in [-0.1, -0.05) is 13.0 Å². The summed E-state index contributed by atoms with van der Waals surface area (Å²) in [5, 5.41) is 10.7. The van der Waals surface area contributed by atoms with Crippen LogP contribution in [0, 0.1) is 10.1 Å². The molecule has 0 fully saturated rings. The molecule has 0 aliphatic rings. The smallest absolute Gasteiger partial charge is 0.305 e. The molecule has 0 saturated heterocycles. The van der Waals surface area contributed by atoms with Crippen LogP contribution in [-0.2, 0) is 0 Å². The fourth-order valence-corrected chi connectivity index (χ4v) is 1.99. The van der Waals surface area contributed by atoms with E-state index >= 15 is 0 Å². The number of benzene rings is 1. The molecule has 4 nitrogen and oxygen atoms in total. The first kappa shape index (κ1) is 10.8. The van der Waals surface area contributed by atoms with Gasteiger partial charge in [0.15, 0.2) is 0 Å². The number of nitro benzene ring substituents is 1. The molecule has 0 aromatic heterocycles. The van der Waals surface area contributed by atoms with Gasteiger partial charge >= 0.3 is 5.69 Å². The molecule has 0 atom stereocenters. The summed E-state index contributed by atoms with van der Waals surface area (Å²) in [5.41, 5.74) is 5.80. The van der Waals surface area contributed by atoms with E-state index in [0.29, 0.717) is 4.90 Å². The normalized spacial score (nSPS) is 10.1. The average Bonchev–Trinajstić information content (AvgIpc) is 2.14. The molecule has 5 heteroatoms. The van der Waals surface area contributed by atoms with Crippen molar-refractivity contribution < 1.29 is 4.92 Å². The molecule has 1 aromatic carbocycles. The van der Waals surface area contributed by atoms with Crippen LogP contribution in [0.15, 0.2) is 23.1 Å². The molecule has 0 radical (unpaired) electrons. The topological polar surface area (TPSA) is 69.2 Å². The summed E-state index contributed by atoms with van der Waals surface area (Å²) in [5.74, 6) is 0.865. The van der Waals surface area contributed by atoms with E-state index in [2.05, 4.69) is 0 Å². The van der Waals surface area contributed by atoms with Crippen LogP contribution in [0.2, 0.25) is 0 Å². The molecule has 0 bridgehead atoms. The Kier molecular flexibility index (Phi) is 3.76. The third kappa shape index (κ3) is 2.38. The predicted molar refractivity (Wildman–Crippen MR) is 58.5 cm³/mol. The molecular weight excluding hydrogens is 200 g/mol. The Morgan fingerprint density at radius 3 is 2.86 bits per heavy atom. The van der Waals surface area contributed by atoms with Gasteiger partial charge in [-0.05, 0) is 24.3 Å². The highest BCUT2D eigenvalue weighted by Gasteiger charge is 2.17. The fourth-order valence-electron chi connectivity index (χ4n) is 1.06. The van der Waals surface area contributed by atoms with Crippen LogP contribution in [0.3, 0.4) is 0 Å². The summed E-state index contributed by atoms with van der Waals surface area (Å²) >= 11 is 1.47. The van der Waals surface area contributed by atoms with Crippen LogP contribution >= 0.6 is 11.8 Å². The number of hydrogen-bond donors (Lipinski definition) is 1. The first-order chi connectivity index (χ1) is 6.66. The number of hydrogen-bond acceptors (Lipinski definition) is 4. The Balaban J connectivity index is 3.02. The minimum Gasteiger partial charge on any atom is -0.393 e. The van der Waals surface area contributed by atoms with Gasteiger partial charge in [0, 0.05) is 0 Å². The quantitative estimate of drug-likeness (QED) is 0.360. The Hall–Kier alpha value is -1.23. The van der Waals surface area contributed by atoms with E-state index in [-0.39, 0.29) is 11.4 Å². The van der Waals surface area contributed by atoms with E-state index in [0.717, 1.165) is 12.2 Å². The lowest BCUT2D eigenvalue weighted by Crippen LogP contribution is -1.97. The van der Waals surface area contributed by atoms with Crippen molar-refractivity contribution in [3.8, 4) is 0 Å². The lowest BCUT2D eigenvalue weighted by molar-refractivity contribution is -0.386. The second kappa shape index (κ2) is 4.85. The van der Waals surface area contributed by atoms with Gasteiger partial charge in [-0.15, -0.1) is 11.8 Å². The van der Waals surface area contributed by atoms with Crippen LogP contribution in [0.5, 0.6) is 0 Å². The summed E-state index contributed by atoms with van der Waals surface area (Å²) in [6, 6.07) is 5.02. The molecule has 0 unspecified atom stereocenters. The highest BCUT2D eigenvalue weighted by atomic mass is 32.2. The molecule has 2 N–H and O–H groups in total. The molecule has 0 aliphatic heterocycles. The van der Waals surface area contributed by atoms with E-state index in [4.69, 9.17) is 5.73 Å². The zero-order valence-corrected chi connectivity index (χ0v) is 8.71. The van der Waals surface area contributed by atoms with Gasteiger partial charge in [-0.25, -0.2) is 0 Å². The van der Waals surface area contributed by atoms with Gasteiger partial charge < -0.3 is 5.73 Å². The fraction of sp³-hybridized carbons (Fsp3) is 0.333. The van der Waals surface area contributed by atoms with Crippen molar-refractivity contribution in [3.05, 3.63) is 28.3 Å². The molecule has 0 aliphatic carbocycles. The van der Waals surface area contributed by atoms with Crippen molar-refractivity contribution in [1.82, 2.24) is 0 Å². The predicted octanol–water partition coefficient (Wildman–Crippen LogP) is 2.68. The number of nitrogens with zero attached hydrogens (tertiary/aromatic N) is 1. The number of para-hydroxylation sites is 1. The van der Waals surface area contributed by atoms with Gasteiger partial charge in [0.05, 0.1) is 9.82 Å². The molecule has 1 rings (SSSR count). The van der Waals surface area contributed by atoms with Crippen LogP contribution < -0.4 is 5.73 Å². The maximum atomic E-state index is 10.7. The molecule has 1 aromatic rings. The molecule has 0 amide bonds. The average molecular weight is 212 g/mol. The van der Waals surface area contributed by atoms with Crippen molar-refractivity contribution in [3.63, 3.8) is 0 Å². The molecular formula is C9H12N2O2S. The Bertz CT molecular complexity index is 342. The van der Waals surface area contributed by atoms with Crippen LogP contribution in [0.1, 0.15) is 13.3 Å². The summed E-state index contributed by atoms with van der Waals surface area (Å²) in [6.07, 6.45) is 0.983. The number of nitro groups is 1. The van der Waals surface area contributed by atoms with Crippen molar-refractivity contribution in [2.45, 2.75) is 18.2 Å². The lowest BCUT2D eigenvalue weighted by atomic mass is 10.3. The van der Waals surface area contributed by atoms with Crippen molar-refractivity contribution in [1.29, 1.82) is 0 Å². The number of nitrogens with two attached hydrogens (primary N) is 1. The van der Waals surface area contributed by atoms with E-state index in [9.17, 15) is 10.1 Å². The lowest BCUT2D eigenvalue weighted by Gasteiger charge is -2.03. The SMILES string of the molecule is CCCSc1cccc(N)c1[N+](=O)[O-]. The van der Waals surface area contributed by atoms with Crippen LogP contribution in [0.25, 0.3) is 0 Å². The van der Waals surface area contributed by atoms with E-state index in [1.54, 1.807) is 18.2 Å². The maximum absolute atomic E-state index is 10.7. The molecule has 76 valence electrons. The summed E-state index contributed by atoms with van der Waals surface area (Å²) in [6.45, 7) is 2.03. The van der Waals surface area contributed by atoms with E-state index in [1.165, 1.54) is 11.8 Å². The third-order valence-corrected chi connectivity index (χ3v) is 2.93. The highest BCUT2D eigenvalue weighted by molar-refractivity contribution is 7.99. The first-order valence-electron chi connectivity index (χ1n) is 4.32. The molecule has 14 heavy (non-hydrogen) atoms. The number of thioether (sulfide) groups is 1. The summed E-state index contributed by atoms with van der Waals surface area (Å²) in [7, 11) is 0. The second-order valence-corrected chi connectivity index (χ2v) is 3.94. The number of rotatable bonds is 4. The largest absolute Gasteiger partial charge is 0.393 e. The van der Waals surface area contributed by atoms with Crippen LogP contribution in [-0.4, -0.2) is 10.7 Å². The van der Waals surface area contributed by atoms with Gasteiger partial charge in [0.2, 0.25) is 0 Å². The Morgan fingerprint density at radius 1 is 1.57 bits per heavy atom. The number of nitrogen functional groups attached to an aromatic ring is 1. The minimum absolute atomic E-state index is 0.0333. The summed E-state index contributed by atoms with van der Waals surface area (Å²) < 4.78 is 0. The standard InChI is InChI=1S/C9H12N2O2S/c1-2-6-14-8-5-3-4-7(10)9(8)11(12)13/h3-5H,2,6,10H2,1H3. The maximum Gasteiger partial charge on any atom is 0.305 e. The summed E-state index contributed by atoms with van der Waals surface area (Å²) in [4.78, 5) is 10.9. The van der Waals surface area contributed by atoms with Gasteiger partial charge in [0.25, 0.3) is 0 Å². The van der Waals surface area contributed by atoms with Gasteiger partial charge in [-0.3, -0.25) is 10.1 Å². The van der Waals surface area contributed by atoms with Crippen LogP contribution in [0.4, 0.5) is 11.4 Å². The molecule has 0 saturated carbocycles. The van der Waals surface area contributed by atoms with Crippen molar-refractivity contribution in [2.75, 3.05) is 11.5 Å². The van der Waals surface area contributed by atoms with Gasteiger partial charge in [0.1, 0.15) is 5.69 Å². The third-order valence-electron chi connectivity index (χ3n) is 1.67. The number of anilines is 1. The molecule has 0 spiro atoms. The highest BCUT2D eigenvalue weighted by Crippen LogP contribution is 2.33. The van der Waals surface area contributed by atoms with Gasteiger partial charge in [-0.2, -0.15) is 0 Å². The zero-order valence-electron chi connectivity index (χ0n) is 7.90. The first-order valence-corrected chi connectivity index (χ1v) is 5.31. The minimum atomic E-state index is -0.423. The Labute approximate surface area is 86.6 Å². The monoisotopic (exact) mass is 212 g/mol. The second-order valence-electron chi connectivity index (χ2n) is 2.80. The van der Waals surface area contributed by atoms with E-state index in [1.807, 2.05) is 6.92 Å².